The summed E-state index contributed by atoms with van der Waals surface area (Å²) < 4.78 is 28.3. The smallest absolute Gasteiger partial charge is 0.264 e. The van der Waals surface area contributed by atoms with E-state index in [1.807, 2.05) is 0 Å². The van der Waals surface area contributed by atoms with Gasteiger partial charge in [-0.2, -0.15) is 0 Å². The Morgan fingerprint density at radius 1 is 0.972 bits per heavy atom. The molecule has 0 bridgehead atoms. The highest BCUT2D eigenvalue weighted by Gasteiger charge is 2.32. The lowest BCUT2D eigenvalue weighted by molar-refractivity contribution is -0.139. The van der Waals surface area contributed by atoms with E-state index in [0.717, 1.165) is 9.87 Å². The number of hydrogen-bond donors (Lipinski definition) is 1. The Bertz CT molecular complexity index is 1350. The molecule has 0 saturated heterocycles. The molecule has 190 valence electrons. The van der Waals surface area contributed by atoms with E-state index in [9.17, 15) is 18.0 Å². The molecule has 1 atom stereocenters. The zero-order valence-corrected chi connectivity index (χ0v) is 22.4. The molecule has 0 radical (unpaired) electrons. The van der Waals surface area contributed by atoms with Gasteiger partial charge in [-0.3, -0.25) is 13.9 Å². The first-order valence-electron chi connectivity index (χ1n) is 11.1. The van der Waals surface area contributed by atoms with Gasteiger partial charge in [0.05, 0.1) is 10.6 Å². The molecule has 0 unspecified atom stereocenters. The van der Waals surface area contributed by atoms with E-state index in [1.165, 1.54) is 30.1 Å². The average molecular weight is 548 g/mol. The predicted octanol–water partition coefficient (Wildman–Crippen LogP) is 4.66. The number of sulfonamides is 1. The molecule has 0 spiro atoms. The third-order valence-electron chi connectivity index (χ3n) is 5.71. The molecule has 10 heteroatoms. The Hall–Kier alpha value is -3.07. The summed E-state index contributed by atoms with van der Waals surface area (Å²) in [6.07, 6.45) is 0. The maximum Gasteiger partial charge on any atom is 0.264 e. The fourth-order valence-electron chi connectivity index (χ4n) is 3.61. The number of carbonyl (C=O) groups excluding carboxylic acids is 2. The molecule has 0 aliphatic heterocycles. The van der Waals surface area contributed by atoms with E-state index in [4.69, 9.17) is 23.2 Å². The largest absolute Gasteiger partial charge is 0.357 e. The number of aryl methyl sites for hydroxylation is 1. The van der Waals surface area contributed by atoms with Gasteiger partial charge in [-0.1, -0.05) is 59.6 Å². The van der Waals surface area contributed by atoms with Crippen molar-refractivity contribution in [1.82, 2.24) is 10.2 Å². The van der Waals surface area contributed by atoms with Crippen molar-refractivity contribution in [3.8, 4) is 0 Å². The highest BCUT2D eigenvalue weighted by Crippen LogP contribution is 2.28. The Labute approximate surface area is 221 Å². The SMILES string of the molecule is CNC(=O)[C@@H](C)N(Cc1cccc(Cl)c1)C(=O)CN(c1ccc(C)c(Cl)c1)S(=O)(=O)c1ccccc1. The topological polar surface area (TPSA) is 86.8 Å². The van der Waals surface area contributed by atoms with Crippen LogP contribution >= 0.6 is 23.2 Å². The van der Waals surface area contributed by atoms with Crippen molar-refractivity contribution < 1.29 is 18.0 Å². The standard InChI is InChI=1S/C26H27Cl2N3O4S/c1-18-12-13-22(15-24(18)28)31(36(34,35)23-10-5-4-6-11-23)17-25(32)30(19(2)26(33)29-3)16-20-8-7-9-21(27)14-20/h4-15,19H,16-17H2,1-3H3,(H,29,33)/t19-/m1/s1. The van der Waals surface area contributed by atoms with Crippen molar-refractivity contribution >= 4 is 50.7 Å². The molecule has 0 aliphatic carbocycles. The lowest BCUT2D eigenvalue weighted by Gasteiger charge is -2.32. The van der Waals surface area contributed by atoms with Gasteiger partial charge in [-0.25, -0.2) is 8.42 Å². The first kappa shape index (κ1) is 27.5. The van der Waals surface area contributed by atoms with Gasteiger partial charge >= 0.3 is 0 Å². The van der Waals surface area contributed by atoms with Crippen LogP contribution in [0.25, 0.3) is 0 Å². The van der Waals surface area contributed by atoms with Crippen molar-refractivity contribution in [3.63, 3.8) is 0 Å². The Balaban J connectivity index is 2.05. The summed E-state index contributed by atoms with van der Waals surface area (Å²) in [5.74, 6) is -0.955. The highest BCUT2D eigenvalue weighted by atomic mass is 35.5. The van der Waals surface area contributed by atoms with Crippen LogP contribution < -0.4 is 9.62 Å². The van der Waals surface area contributed by atoms with Crippen molar-refractivity contribution in [2.24, 2.45) is 0 Å². The summed E-state index contributed by atoms with van der Waals surface area (Å²) in [5, 5.41) is 3.39. The maximum absolute atomic E-state index is 13.7. The van der Waals surface area contributed by atoms with Crippen LogP contribution in [0.3, 0.4) is 0 Å². The minimum absolute atomic E-state index is 0.0234. The third-order valence-corrected chi connectivity index (χ3v) is 8.14. The molecular weight excluding hydrogens is 521 g/mol. The number of hydrogen-bond acceptors (Lipinski definition) is 4. The highest BCUT2D eigenvalue weighted by molar-refractivity contribution is 7.92. The summed E-state index contributed by atoms with van der Waals surface area (Å²) in [6, 6.07) is 18.7. The molecule has 3 aromatic rings. The number of amides is 2. The van der Waals surface area contributed by atoms with Gasteiger partial charge in [0, 0.05) is 23.6 Å². The van der Waals surface area contributed by atoms with Gasteiger partial charge in [0.15, 0.2) is 0 Å². The third kappa shape index (κ3) is 6.37. The van der Waals surface area contributed by atoms with Crippen LogP contribution in [0.1, 0.15) is 18.1 Å². The van der Waals surface area contributed by atoms with Crippen LogP contribution in [0, 0.1) is 6.92 Å². The number of anilines is 1. The molecule has 0 heterocycles. The number of halogens is 2. The molecule has 2 amide bonds. The van der Waals surface area contributed by atoms with Gasteiger partial charge in [0.1, 0.15) is 12.6 Å². The number of carbonyl (C=O) groups is 2. The number of likely N-dealkylation sites (N-methyl/N-ethyl adjacent to an activating group) is 1. The van der Waals surface area contributed by atoms with Gasteiger partial charge in [-0.05, 0) is 61.4 Å². The van der Waals surface area contributed by atoms with E-state index in [1.54, 1.807) is 68.4 Å². The molecule has 36 heavy (non-hydrogen) atoms. The summed E-state index contributed by atoms with van der Waals surface area (Å²) in [5.41, 5.74) is 1.69. The van der Waals surface area contributed by atoms with Gasteiger partial charge in [0.2, 0.25) is 11.8 Å². The Morgan fingerprint density at radius 2 is 1.67 bits per heavy atom. The van der Waals surface area contributed by atoms with Crippen LogP contribution in [-0.4, -0.2) is 44.8 Å². The molecule has 0 aromatic heterocycles. The molecule has 3 rings (SSSR count). The summed E-state index contributed by atoms with van der Waals surface area (Å²) in [4.78, 5) is 27.5. The normalized spacial score (nSPS) is 12.0. The number of nitrogens with one attached hydrogen (secondary N) is 1. The van der Waals surface area contributed by atoms with Gasteiger partial charge in [0.25, 0.3) is 10.0 Å². The number of nitrogens with zero attached hydrogens (tertiary/aromatic N) is 2. The van der Waals surface area contributed by atoms with Crippen LogP contribution in [0.2, 0.25) is 10.0 Å². The molecule has 1 N–H and O–H groups in total. The van der Waals surface area contributed by atoms with Crippen LogP contribution in [-0.2, 0) is 26.2 Å². The van der Waals surface area contributed by atoms with E-state index in [0.29, 0.717) is 15.6 Å². The van der Waals surface area contributed by atoms with Crippen molar-refractivity contribution in [2.45, 2.75) is 31.3 Å². The fourth-order valence-corrected chi connectivity index (χ4v) is 5.42. The van der Waals surface area contributed by atoms with E-state index in [2.05, 4.69) is 5.32 Å². The van der Waals surface area contributed by atoms with Gasteiger partial charge in [-0.15, -0.1) is 0 Å². The van der Waals surface area contributed by atoms with E-state index < -0.39 is 28.5 Å². The monoisotopic (exact) mass is 547 g/mol. The van der Waals surface area contributed by atoms with Crippen molar-refractivity contribution in [2.75, 3.05) is 17.9 Å². The zero-order valence-electron chi connectivity index (χ0n) is 20.1. The Morgan fingerprint density at radius 3 is 2.28 bits per heavy atom. The lowest BCUT2D eigenvalue weighted by Crippen LogP contribution is -2.50. The van der Waals surface area contributed by atoms with Crippen molar-refractivity contribution in [1.29, 1.82) is 0 Å². The number of benzene rings is 3. The first-order valence-corrected chi connectivity index (χ1v) is 13.3. The first-order chi connectivity index (χ1) is 17.0. The van der Waals surface area contributed by atoms with E-state index in [-0.39, 0.29) is 23.0 Å². The minimum atomic E-state index is -4.14. The van der Waals surface area contributed by atoms with Crippen molar-refractivity contribution in [3.05, 3.63) is 94.0 Å². The predicted molar refractivity (Wildman–Crippen MR) is 143 cm³/mol. The maximum atomic E-state index is 13.7. The summed E-state index contributed by atoms with van der Waals surface area (Å²) in [6.45, 7) is 2.89. The zero-order chi connectivity index (χ0) is 26.5. The molecule has 0 fully saturated rings. The minimum Gasteiger partial charge on any atom is -0.357 e. The average Bonchev–Trinajstić information content (AvgIpc) is 2.87. The molecule has 7 nitrogen and oxygen atoms in total. The molecule has 0 saturated carbocycles. The second-order valence-electron chi connectivity index (χ2n) is 8.20. The van der Waals surface area contributed by atoms with E-state index >= 15 is 0 Å². The molecule has 0 aliphatic rings. The fraction of sp³-hybridized carbons (Fsp3) is 0.231. The quantitative estimate of drug-likeness (QED) is 0.422. The van der Waals surface area contributed by atoms with Gasteiger partial charge < -0.3 is 10.2 Å². The molecular formula is C26H27Cl2N3O4S. The second kappa shape index (κ2) is 11.8. The lowest BCUT2D eigenvalue weighted by atomic mass is 10.1. The van der Waals surface area contributed by atoms with Crippen LogP contribution in [0.5, 0.6) is 0 Å². The summed E-state index contributed by atoms with van der Waals surface area (Å²) in [7, 11) is -2.66. The van der Waals surface area contributed by atoms with Crippen LogP contribution in [0.4, 0.5) is 5.69 Å². The summed E-state index contributed by atoms with van der Waals surface area (Å²) >= 11 is 12.4. The van der Waals surface area contributed by atoms with Crippen LogP contribution in [0.15, 0.2) is 77.7 Å². The Kier molecular flexibility index (Phi) is 9.00. The molecule has 3 aromatic carbocycles. The number of rotatable bonds is 9. The second-order valence-corrected chi connectivity index (χ2v) is 10.9.